The number of hydrogen-bond acceptors (Lipinski definition) is 3. The predicted octanol–water partition coefficient (Wildman–Crippen LogP) is 2.87. The summed E-state index contributed by atoms with van der Waals surface area (Å²) < 4.78 is 4.94. The van der Waals surface area contributed by atoms with Crippen LogP contribution in [0.2, 0.25) is 0 Å². The van der Waals surface area contributed by atoms with Crippen molar-refractivity contribution in [1.29, 1.82) is 0 Å². The first-order chi connectivity index (χ1) is 10.1. The Hall–Kier alpha value is -0.900. The van der Waals surface area contributed by atoms with Crippen LogP contribution in [0, 0.1) is 0 Å². The van der Waals surface area contributed by atoms with Gasteiger partial charge in [0.15, 0.2) is 0 Å². The van der Waals surface area contributed by atoms with Crippen LogP contribution in [0.4, 0.5) is 0 Å². The van der Waals surface area contributed by atoms with Gasteiger partial charge >= 0.3 is 0 Å². The molecule has 0 aromatic heterocycles. The Kier molecular flexibility index (Phi) is 6.22. The lowest BCUT2D eigenvalue weighted by Gasteiger charge is -2.38. The highest BCUT2D eigenvalue weighted by Crippen LogP contribution is 2.38. The Bertz CT molecular complexity index is 399. The van der Waals surface area contributed by atoms with Crippen molar-refractivity contribution in [3.05, 3.63) is 35.9 Å². The van der Waals surface area contributed by atoms with Gasteiger partial charge < -0.3 is 15.2 Å². The minimum Gasteiger partial charge on any atom is -0.391 e. The van der Waals surface area contributed by atoms with Crippen LogP contribution in [0.5, 0.6) is 0 Å². The Morgan fingerprint density at radius 1 is 1.29 bits per heavy atom. The quantitative estimate of drug-likeness (QED) is 0.811. The van der Waals surface area contributed by atoms with E-state index in [0.717, 1.165) is 13.0 Å². The molecular weight excluding hydrogens is 262 g/mol. The van der Waals surface area contributed by atoms with Crippen molar-refractivity contribution in [2.75, 3.05) is 20.3 Å². The Labute approximate surface area is 128 Å². The van der Waals surface area contributed by atoms with E-state index in [0.29, 0.717) is 18.1 Å². The van der Waals surface area contributed by atoms with Gasteiger partial charge in [0, 0.05) is 13.2 Å². The molecule has 0 heterocycles. The number of methoxy groups -OCH3 is 1. The molecule has 1 saturated carbocycles. The molecule has 1 aliphatic rings. The monoisotopic (exact) mass is 291 g/mol. The molecule has 3 nitrogen and oxygen atoms in total. The molecule has 0 bridgehead atoms. The summed E-state index contributed by atoms with van der Waals surface area (Å²) in [6, 6.07) is 11.5. The van der Waals surface area contributed by atoms with Crippen LogP contribution in [0.3, 0.4) is 0 Å². The lowest BCUT2D eigenvalue weighted by atomic mass is 9.69. The zero-order valence-electron chi connectivity index (χ0n) is 13.3. The van der Waals surface area contributed by atoms with Gasteiger partial charge in [-0.25, -0.2) is 0 Å². The first-order valence-electron chi connectivity index (χ1n) is 8.10. The highest BCUT2D eigenvalue weighted by atomic mass is 16.5. The highest BCUT2D eigenvalue weighted by Gasteiger charge is 2.32. The maximum Gasteiger partial charge on any atom is 0.0785 e. The van der Waals surface area contributed by atoms with Gasteiger partial charge in [-0.2, -0.15) is 0 Å². The average Bonchev–Trinajstić information content (AvgIpc) is 2.51. The van der Waals surface area contributed by atoms with E-state index in [1.807, 2.05) is 0 Å². The minimum absolute atomic E-state index is 0.328. The number of aliphatic hydroxyl groups excluding tert-OH is 1. The standard InChI is InChI=1S/C18H29NO2/c1-18(15-6-4-3-5-7-15)11-8-16(9-12-18)19-13-10-17(20)14-21-2/h3-7,16-17,19-20H,8-14H2,1-2H3. The van der Waals surface area contributed by atoms with E-state index in [4.69, 9.17) is 4.74 Å². The van der Waals surface area contributed by atoms with E-state index < -0.39 is 0 Å². The first-order valence-corrected chi connectivity index (χ1v) is 8.10. The molecule has 0 spiro atoms. The molecule has 0 amide bonds. The fourth-order valence-corrected chi connectivity index (χ4v) is 3.32. The van der Waals surface area contributed by atoms with Gasteiger partial charge in [0.2, 0.25) is 0 Å². The van der Waals surface area contributed by atoms with Gasteiger partial charge in [0.1, 0.15) is 0 Å². The van der Waals surface area contributed by atoms with Crippen molar-refractivity contribution in [1.82, 2.24) is 5.32 Å². The van der Waals surface area contributed by atoms with Gasteiger partial charge in [-0.1, -0.05) is 37.3 Å². The molecule has 1 unspecified atom stereocenters. The summed E-state index contributed by atoms with van der Waals surface area (Å²) in [6.07, 6.45) is 5.31. The molecule has 3 heteroatoms. The number of nitrogens with one attached hydrogen (secondary N) is 1. The summed E-state index contributed by atoms with van der Waals surface area (Å²) >= 11 is 0. The number of ether oxygens (including phenoxy) is 1. The maximum atomic E-state index is 9.65. The molecule has 0 saturated heterocycles. The summed E-state index contributed by atoms with van der Waals surface area (Å²) in [7, 11) is 1.63. The van der Waals surface area contributed by atoms with Gasteiger partial charge in [0.25, 0.3) is 0 Å². The molecule has 1 aliphatic carbocycles. The third kappa shape index (κ3) is 4.80. The lowest BCUT2D eigenvalue weighted by Crippen LogP contribution is -2.39. The van der Waals surface area contributed by atoms with Crippen molar-refractivity contribution in [2.24, 2.45) is 0 Å². The third-order valence-electron chi connectivity index (χ3n) is 4.83. The molecular formula is C18H29NO2. The van der Waals surface area contributed by atoms with Crippen molar-refractivity contribution in [3.8, 4) is 0 Å². The van der Waals surface area contributed by atoms with E-state index in [9.17, 15) is 5.11 Å². The molecule has 21 heavy (non-hydrogen) atoms. The minimum atomic E-state index is -0.347. The fraction of sp³-hybridized carbons (Fsp3) is 0.667. The van der Waals surface area contributed by atoms with Crippen molar-refractivity contribution < 1.29 is 9.84 Å². The molecule has 0 aliphatic heterocycles. The molecule has 2 N–H and O–H groups in total. The van der Waals surface area contributed by atoms with Crippen LogP contribution >= 0.6 is 0 Å². The second kappa shape index (κ2) is 7.92. The average molecular weight is 291 g/mol. The van der Waals surface area contributed by atoms with Gasteiger partial charge in [-0.15, -0.1) is 0 Å². The molecule has 118 valence electrons. The molecule has 0 radical (unpaired) electrons. The Balaban J connectivity index is 1.73. The van der Waals surface area contributed by atoms with Crippen LogP contribution in [0.15, 0.2) is 30.3 Å². The van der Waals surface area contributed by atoms with Crippen LogP contribution in [0.25, 0.3) is 0 Å². The summed E-state index contributed by atoms with van der Waals surface area (Å²) in [5.41, 5.74) is 1.80. The first kappa shape index (κ1) is 16.5. The van der Waals surface area contributed by atoms with E-state index in [2.05, 4.69) is 42.6 Å². The maximum absolute atomic E-state index is 9.65. The fourth-order valence-electron chi connectivity index (χ4n) is 3.32. The Morgan fingerprint density at radius 2 is 1.95 bits per heavy atom. The van der Waals surface area contributed by atoms with Crippen LogP contribution in [-0.4, -0.2) is 37.5 Å². The summed E-state index contributed by atoms with van der Waals surface area (Å²) in [5, 5.41) is 13.2. The normalized spacial score (nSPS) is 27.5. The predicted molar refractivity (Wildman–Crippen MR) is 86.6 cm³/mol. The second-order valence-corrected chi connectivity index (χ2v) is 6.55. The molecule has 1 aromatic carbocycles. The molecule has 1 fully saturated rings. The Morgan fingerprint density at radius 3 is 2.57 bits per heavy atom. The number of hydrogen-bond donors (Lipinski definition) is 2. The number of aliphatic hydroxyl groups is 1. The van der Waals surface area contributed by atoms with Gasteiger partial charge in [0.05, 0.1) is 12.7 Å². The lowest BCUT2D eigenvalue weighted by molar-refractivity contribution is 0.0585. The van der Waals surface area contributed by atoms with Gasteiger partial charge in [-0.3, -0.25) is 0 Å². The zero-order valence-corrected chi connectivity index (χ0v) is 13.3. The van der Waals surface area contributed by atoms with E-state index in [-0.39, 0.29) is 6.10 Å². The number of rotatable bonds is 7. The second-order valence-electron chi connectivity index (χ2n) is 6.55. The van der Waals surface area contributed by atoms with Crippen LogP contribution in [0.1, 0.15) is 44.6 Å². The highest BCUT2D eigenvalue weighted by molar-refractivity contribution is 5.25. The van der Waals surface area contributed by atoms with E-state index in [1.165, 1.54) is 31.2 Å². The summed E-state index contributed by atoms with van der Waals surface area (Å²) in [6.45, 7) is 3.69. The van der Waals surface area contributed by atoms with Crippen molar-refractivity contribution >= 4 is 0 Å². The van der Waals surface area contributed by atoms with E-state index >= 15 is 0 Å². The van der Waals surface area contributed by atoms with Crippen molar-refractivity contribution in [3.63, 3.8) is 0 Å². The zero-order chi connectivity index (χ0) is 15.1. The SMILES string of the molecule is COCC(O)CCNC1CCC(C)(c2ccccc2)CC1. The van der Waals surface area contributed by atoms with Crippen LogP contribution in [-0.2, 0) is 10.2 Å². The number of benzene rings is 1. The smallest absolute Gasteiger partial charge is 0.0785 e. The molecule has 2 rings (SSSR count). The summed E-state index contributed by atoms with van der Waals surface area (Å²) in [4.78, 5) is 0. The topological polar surface area (TPSA) is 41.5 Å². The van der Waals surface area contributed by atoms with Crippen LogP contribution < -0.4 is 5.32 Å². The third-order valence-corrected chi connectivity index (χ3v) is 4.83. The van der Waals surface area contributed by atoms with E-state index in [1.54, 1.807) is 7.11 Å². The molecule has 1 aromatic rings. The largest absolute Gasteiger partial charge is 0.391 e. The molecule has 1 atom stereocenters. The van der Waals surface area contributed by atoms with Gasteiger partial charge in [-0.05, 0) is 49.6 Å². The van der Waals surface area contributed by atoms with Crippen molar-refractivity contribution in [2.45, 2.75) is 56.6 Å². The summed E-state index contributed by atoms with van der Waals surface area (Å²) in [5.74, 6) is 0.